The highest BCUT2D eigenvalue weighted by Crippen LogP contribution is 2.35. The van der Waals surface area contributed by atoms with Crippen LogP contribution in [0.15, 0.2) is 17.7 Å². The Kier molecular flexibility index (Phi) is 5.18. The van der Waals surface area contributed by atoms with Crippen molar-refractivity contribution in [1.29, 1.82) is 0 Å². The summed E-state index contributed by atoms with van der Waals surface area (Å²) in [4.78, 5) is 24.0. The minimum atomic E-state index is -1.25. The first-order valence-electron chi connectivity index (χ1n) is 6.96. The molecule has 0 aliphatic carbocycles. The van der Waals surface area contributed by atoms with Gasteiger partial charge in [0.1, 0.15) is 5.57 Å². The summed E-state index contributed by atoms with van der Waals surface area (Å²) in [6.45, 7) is 5.38. The van der Waals surface area contributed by atoms with Crippen LogP contribution >= 0.6 is 22.6 Å². The first kappa shape index (κ1) is 17.6. The number of hydrogen-bond donors (Lipinski definition) is 0. The summed E-state index contributed by atoms with van der Waals surface area (Å²) in [5, 5.41) is 0. The van der Waals surface area contributed by atoms with Gasteiger partial charge in [0.25, 0.3) is 5.79 Å². The van der Waals surface area contributed by atoms with E-state index in [-0.39, 0.29) is 5.57 Å². The van der Waals surface area contributed by atoms with Crippen molar-refractivity contribution in [1.82, 2.24) is 0 Å². The lowest BCUT2D eigenvalue weighted by atomic mass is 10.1. The van der Waals surface area contributed by atoms with E-state index in [1.165, 1.54) is 27.0 Å². The third kappa shape index (κ3) is 3.95. The van der Waals surface area contributed by atoms with E-state index in [0.717, 1.165) is 3.57 Å². The van der Waals surface area contributed by atoms with Crippen LogP contribution in [0.25, 0.3) is 6.08 Å². The normalized spacial score (nSPS) is 16.5. The fourth-order valence-corrected chi connectivity index (χ4v) is 2.83. The molecule has 2 rings (SSSR count). The number of methoxy groups -OCH3 is 1. The van der Waals surface area contributed by atoms with Crippen LogP contribution in [0.3, 0.4) is 0 Å². The maximum atomic E-state index is 12.0. The van der Waals surface area contributed by atoms with Crippen molar-refractivity contribution in [3.63, 3.8) is 0 Å². The molecule has 1 saturated heterocycles. The number of cyclic esters (lactones) is 2. The maximum Gasteiger partial charge on any atom is 0.348 e. The molecule has 0 unspecified atom stereocenters. The Morgan fingerprint density at radius 3 is 2.35 bits per heavy atom. The summed E-state index contributed by atoms with van der Waals surface area (Å²) in [5.41, 5.74) is 0.449. The van der Waals surface area contributed by atoms with Gasteiger partial charge in [-0.25, -0.2) is 9.59 Å². The van der Waals surface area contributed by atoms with Crippen molar-refractivity contribution in [2.45, 2.75) is 26.6 Å². The highest BCUT2D eigenvalue weighted by molar-refractivity contribution is 14.1. The van der Waals surface area contributed by atoms with Crippen LogP contribution in [-0.4, -0.2) is 31.4 Å². The summed E-state index contributed by atoms with van der Waals surface area (Å²) in [6, 6.07) is 3.46. The molecule has 0 atom stereocenters. The van der Waals surface area contributed by atoms with Crippen LogP contribution < -0.4 is 9.47 Å². The van der Waals surface area contributed by atoms with Crippen molar-refractivity contribution in [2.75, 3.05) is 13.7 Å². The molecule has 0 bridgehead atoms. The van der Waals surface area contributed by atoms with Crippen LogP contribution in [0.5, 0.6) is 11.5 Å². The zero-order valence-electron chi connectivity index (χ0n) is 13.3. The molecule has 7 heteroatoms. The Morgan fingerprint density at radius 2 is 1.83 bits per heavy atom. The van der Waals surface area contributed by atoms with E-state index in [2.05, 4.69) is 22.6 Å². The number of esters is 2. The van der Waals surface area contributed by atoms with Gasteiger partial charge < -0.3 is 18.9 Å². The van der Waals surface area contributed by atoms with E-state index >= 15 is 0 Å². The molecule has 0 saturated carbocycles. The summed E-state index contributed by atoms with van der Waals surface area (Å²) >= 11 is 2.10. The molecule has 124 valence electrons. The molecule has 0 N–H and O–H groups in total. The van der Waals surface area contributed by atoms with Gasteiger partial charge in [-0.15, -0.1) is 0 Å². The van der Waals surface area contributed by atoms with E-state index in [1.54, 1.807) is 12.1 Å². The molecule has 6 nitrogen and oxygen atoms in total. The monoisotopic (exact) mass is 432 g/mol. The minimum absolute atomic E-state index is 0.161. The lowest BCUT2D eigenvalue weighted by Gasteiger charge is -2.29. The van der Waals surface area contributed by atoms with Gasteiger partial charge >= 0.3 is 11.9 Å². The average molecular weight is 432 g/mol. The van der Waals surface area contributed by atoms with E-state index in [9.17, 15) is 9.59 Å². The number of rotatable bonds is 4. The van der Waals surface area contributed by atoms with Crippen molar-refractivity contribution in [2.24, 2.45) is 0 Å². The summed E-state index contributed by atoms with van der Waals surface area (Å²) < 4.78 is 21.8. The average Bonchev–Trinajstić information content (AvgIpc) is 2.44. The largest absolute Gasteiger partial charge is 0.493 e. The van der Waals surface area contributed by atoms with Crippen LogP contribution in [0, 0.1) is 3.57 Å². The first-order chi connectivity index (χ1) is 10.8. The summed E-state index contributed by atoms with van der Waals surface area (Å²) in [6.07, 6.45) is 1.42. The zero-order chi connectivity index (χ0) is 17.2. The van der Waals surface area contributed by atoms with Crippen LogP contribution in [0.1, 0.15) is 26.3 Å². The molecular weight excluding hydrogens is 415 g/mol. The van der Waals surface area contributed by atoms with Gasteiger partial charge in [0.05, 0.1) is 17.3 Å². The van der Waals surface area contributed by atoms with Crippen molar-refractivity contribution in [3.8, 4) is 11.5 Å². The molecule has 1 aliphatic heterocycles. The Balaban J connectivity index is 2.41. The molecule has 1 heterocycles. The second kappa shape index (κ2) is 6.77. The highest BCUT2D eigenvalue weighted by atomic mass is 127. The quantitative estimate of drug-likeness (QED) is 0.316. The van der Waals surface area contributed by atoms with E-state index in [4.69, 9.17) is 18.9 Å². The lowest BCUT2D eigenvalue weighted by Crippen LogP contribution is -2.41. The maximum absolute atomic E-state index is 12.0. The second-order valence-corrected chi connectivity index (χ2v) is 6.37. The molecule has 0 radical (unpaired) electrons. The number of carbonyl (C=O) groups excluding carboxylic acids is 2. The number of halogens is 1. The minimum Gasteiger partial charge on any atom is -0.493 e. The van der Waals surface area contributed by atoms with E-state index < -0.39 is 17.7 Å². The predicted molar refractivity (Wildman–Crippen MR) is 91.1 cm³/mol. The highest BCUT2D eigenvalue weighted by Gasteiger charge is 2.38. The first-order valence-corrected chi connectivity index (χ1v) is 8.04. The third-order valence-corrected chi connectivity index (χ3v) is 3.77. The molecule has 0 spiro atoms. The summed E-state index contributed by atoms with van der Waals surface area (Å²) in [5.74, 6) is -1.55. The smallest absolute Gasteiger partial charge is 0.348 e. The van der Waals surface area contributed by atoms with Crippen LogP contribution in [0.4, 0.5) is 0 Å². The Morgan fingerprint density at radius 1 is 1.22 bits per heavy atom. The van der Waals surface area contributed by atoms with Gasteiger partial charge in [-0.3, -0.25) is 0 Å². The SMILES string of the molecule is CCOc1c(I)cc(C=C2C(=O)OC(C)(C)OC2=O)cc1OC. The van der Waals surface area contributed by atoms with Crippen molar-refractivity contribution in [3.05, 3.63) is 26.8 Å². The standard InChI is InChI=1S/C16H17IO6/c1-5-21-13-11(17)7-9(8-12(13)20-4)6-10-14(18)22-16(2,3)23-15(10)19/h6-8H,5H2,1-4H3. The van der Waals surface area contributed by atoms with E-state index in [1.807, 2.05) is 6.92 Å². The van der Waals surface area contributed by atoms with E-state index in [0.29, 0.717) is 23.7 Å². The number of benzene rings is 1. The molecule has 1 fully saturated rings. The Labute approximate surface area is 147 Å². The van der Waals surface area contributed by atoms with Gasteiger partial charge in [0, 0.05) is 13.8 Å². The molecule has 1 aromatic carbocycles. The molecule has 0 aromatic heterocycles. The molecule has 1 aromatic rings. The topological polar surface area (TPSA) is 71.1 Å². The van der Waals surface area contributed by atoms with Gasteiger partial charge in [-0.05, 0) is 53.3 Å². The molecule has 0 amide bonds. The van der Waals surface area contributed by atoms with Crippen molar-refractivity contribution >= 4 is 40.6 Å². The second-order valence-electron chi connectivity index (χ2n) is 5.20. The molecular formula is C16H17IO6. The van der Waals surface area contributed by atoms with Gasteiger partial charge in [0.15, 0.2) is 11.5 Å². The lowest BCUT2D eigenvalue weighted by molar-refractivity contribution is -0.222. The zero-order valence-corrected chi connectivity index (χ0v) is 15.4. The van der Waals surface area contributed by atoms with Crippen LogP contribution in [-0.2, 0) is 19.1 Å². The number of carbonyl (C=O) groups is 2. The van der Waals surface area contributed by atoms with Gasteiger partial charge in [0.2, 0.25) is 0 Å². The predicted octanol–water partition coefficient (Wildman–Crippen LogP) is 2.92. The number of hydrogen-bond acceptors (Lipinski definition) is 6. The Hall–Kier alpha value is -1.77. The Bertz CT molecular complexity index is 655. The fourth-order valence-electron chi connectivity index (χ4n) is 2.05. The number of ether oxygens (including phenoxy) is 4. The fraction of sp³-hybridized carbons (Fsp3) is 0.375. The molecule has 23 heavy (non-hydrogen) atoms. The van der Waals surface area contributed by atoms with Gasteiger partial charge in [-0.1, -0.05) is 0 Å². The third-order valence-electron chi connectivity index (χ3n) is 2.97. The summed E-state index contributed by atoms with van der Waals surface area (Å²) in [7, 11) is 1.52. The van der Waals surface area contributed by atoms with Gasteiger partial charge in [-0.2, -0.15) is 0 Å². The van der Waals surface area contributed by atoms with Crippen molar-refractivity contribution < 1.29 is 28.5 Å². The van der Waals surface area contributed by atoms with Crippen LogP contribution in [0.2, 0.25) is 0 Å². The molecule has 1 aliphatic rings.